The van der Waals surface area contributed by atoms with Gasteiger partial charge in [-0.3, -0.25) is 4.79 Å². The van der Waals surface area contributed by atoms with Crippen molar-refractivity contribution >= 4 is 5.91 Å². The van der Waals surface area contributed by atoms with Crippen molar-refractivity contribution in [1.29, 1.82) is 0 Å². The van der Waals surface area contributed by atoms with Gasteiger partial charge < -0.3 is 27.0 Å². The van der Waals surface area contributed by atoms with E-state index in [0.29, 0.717) is 23.8 Å². The third-order valence-electron chi connectivity index (χ3n) is 11.5. The zero-order valence-corrected chi connectivity index (χ0v) is 26.9. The Morgan fingerprint density at radius 1 is 0.925 bits per heavy atom. The number of amides is 1. The Bertz CT molecular complexity index is 704. The van der Waals surface area contributed by atoms with E-state index >= 15 is 0 Å². The molecule has 0 aromatic heterocycles. The lowest BCUT2D eigenvalue weighted by Gasteiger charge is -2.51. The normalized spacial score (nSPS) is 33.6. The fourth-order valence-electron chi connectivity index (χ4n) is 9.17. The SMILES string of the molecule is CNC(=O)CC[C@@H](C)[C@H]1CCC2C3CCC(C)C[C@@H](NCCCNCCCNCCCN)CCCC3CC[C@@]21C. The highest BCUT2D eigenvalue weighted by Crippen LogP contribution is 2.62. The number of nitrogens with two attached hydrogens (primary N) is 1. The molecule has 6 N–H and O–H groups in total. The second-order valence-corrected chi connectivity index (χ2v) is 14.3. The van der Waals surface area contributed by atoms with Crippen molar-refractivity contribution < 1.29 is 4.79 Å². The molecule has 3 saturated carbocycles. The van der Waals surface area contributed by atoms with Crippen molar-refractivity contribution in [1.82, 2.24) is 21.3 Å². The summed E-state index contributed by atoms with van der Waals surface area (Å²) >= 11 is 0. The highest BCUT2D eigenvalue weighted by molar-refractivity contribution is 5.75. The van der Waals surface area contributed by atoms with Gasteiger partial charge in [0.05, 0.1) is 0 Å². The van der Waals surface area contributed by atoms with Crippen LogP contribution in [-0.4, -0.2) is 58.3 Å². The van der Waals surface area contributed by atoms with Gasteiger partial charge in [0.25, 0.3) is 0 Å². The first-order valence-corrected chi connectivity index (χ1v) is 17.4. The first kappa shape index (κ1) is 33.8. The fraction of sp³-hybridized carbons (Fsp3) is 0.971. The molecule has 4 unspecified atom stereocenters. The van der Waals surface area contributed by atoms with Crippen molar-refractivity contribution in [3.63, 3.8) is 0 Å². The molecule has 3 rings (SSSR count). The summed E-state index contributed by atoms with van der Waals surface area (Å²) in [6.45, 7) is 13.9. The van der Waals surface area contributed by atoms with Crippen molar-refractivity contribution in [3.8, 4) is 0 Å². The minimum absolute atomic E-state index is 0.208. The first-order valence-electron chi connectivity index (χ1n) is 17.4. The lowest BCUT2D eigenvalue weighted by Crippen LogP contribution is -2.43. The predicted molar refractivity (Wildman–Crippen MR) is 170 cm³/mol. The van der Waals surface area contributed by atoms with Gasteiger partial charge in [0.1, 0.15) is 0 Å². The van der Waals surface area contributed by atoms with E-state index in [4.69, 9.17) is 5.73 Å². The van der Waals surface area contributed by atoms with Crippen LogP contribution in [0.4, 0.5) is 0 Å². The average molecular weight is 562 g/mol. The van der Waals surface area contributed by atoms with Crippen LogP contribution < -0.4 is 27.0 Å². The molecule has 0 radical (unpaired) electrons. The summed E-state index contributed by atoms with van der Waals surface area (Å²) in [5.41, 5.74) is 6.04. The standard InChI is InChI=1S/C34H67N5O/c1-26-11-13-30-28(17-18-34(3)31(14-15-32(30)34)27(2)12-16-33(40)36-4)9-5-10-29(25-26)39-24-8-23-38-22-7-21-37-20-6-19-35/h26-32,37-39H,5-25,35H2,1-4H3,(H,36,40)/t26?,27-,28?,29+,30?,31-,32?,34-/m1/s1. The molecule has 0 heterocycles. The van der Waals surface area contributed by atoms with E-state index in [9.17, 15) is 4.79 Å². The molecule has 3 aliphatic carbocycles. The fourth-order valence-corrected chi connectivity index (χ4v) is 9.17. The van der Waals surface area contributed by atoms with Gasteiger partial charge in [0.2, 0.25) is 5.91 Å². The van der Waals surface area contributed by atoms with Crippen LogP contribution in [0.25, 0.3) is 0 Å². The van der Waals surface area contributed by atoms with E-state index in [0.717, 1.165) is 81.7 Å². The lowest BCUT2D eigenvalue weighted by atomic mass is 9.54. The highest BCUT2D eigenvalue weighted by atomic mass is 16.1. The Labute approximate surface area is 247 Å². The topological polar surface area (TPSA) is 91.2 Å². The number of rotatable bonds is 16. The third-order valence-corrected chi connectivity index (χ3v) is 11.5. The number of hydrogen-bond acceptors (Lipinski definition) is 5. The Morgan fingerprint density at radius 3 is 2.38 bits per heavy atom. The van der Waals surface area contributed by atoms with Crippen LogP contribution in [0.2, 0.25) is 0 Å². The number of hydrogen-bond donors (Lipinski definition) is 5. The van der Waals surface area contributed by atoms with Crippen LogP contribution in [0.1, 0.15) is 117 Å². The molecular weight excluding hydrogens is 494 g/mol. The predicted octanol–water partition coefficient (Wildman–Crippen LogP) is 5.46. The summed E-state index contributed by atoms with van der Waals surface area (Å²) < 4.78 is 0. The zero-order chi connectivity index (χ0) is 28.8. The summed E-state index contributed by atoms with van der Waals surface area (Å²) in [7, 11) is 1.77. The van der Waals surface area contributed by atoms with Crippen LogP contribution in [0.15, 0.2) is 0 Å². The van der Waals surface area contributed by atoms with Crippen LogP contribution in [0.5, 0.6) is 0 Å². The maximum absolute atomic E-state index is 11.9. The van der Waals surface area contributed by atoms with E-state index in [1.54, 1.807) is 7.05 Å². The van der Waals surface area contributed by atoms with Crippen molar-refractivity contribution in [2.75, 3.05) is 46.3 Å². The summed E-state index contributed by atoms with van der Waals surface area (Å²) in [6.07, 6.45) is 19.3. The molecule has 6 heteroatoms. The molecule has 0 aromatic carbocycles. The first-order chi connectivity index (χ1) is 19.4. The number of carbonyl (C=O) groups excluding carboxylic acids is 1. The average Bonchev–Trinajstić information content (AvgIpc) is 3.30. The smallest absolute Gasteiger partial charge is 0.219 e. The molecule has 1 amide bonds. The molecule has 3 aliphatic rings. The molecule has 3 fully saturated rings. The molecule has 6 nitrogen and oxygen atoms in total. The molecule has 0 aliphatic heterocycles. The molecule has 0 spiro atoms. The van der Waals surface area contributed by atoms with Crippen LogP contribution in [0, 0.1) is 40.9 Å². The monoisotopic (exact) mass is 562 g/mol. The molecule has 0 aromatic rings. The van der Waals surface area contributed by atoms with Gasteiger partial charge in [0, 0.05) is 19.5 Å². The number of fused-ring (bicyclic) bond motifs is 3. The molecule has 8 atom stereocenters. The Morgan fingerprint density at radius 2 is 1.65 bits per heavy atom. The Kier molecular flexibility index (Phi) is 15.3. The summed E-state index contributed by atoms with van der Waals surface area (Å²) in [5.74, 6) is 5.28. The van der Waals surface area contributed by atoms with Gasteiger partial charge in [0.15, 0.2) is 0 Å². The summed E-state index contributed by atoms with van der Waals surface area (Å²) in [5, 5.41) is 13.9. The minimum Gasteiger partial charge on any atom is -0.359 e. The third kappa shape index (κ3) is 10.2. The van der Waals surface area contributed by atoms with Gasteiger partial charge in [-0.05, 0) is 151 Å². The van der Waals surface area contributed by atoms with Crippen molar-refractivity contribution in [2.45, 2.75) is 123 Å². The summed E-state index contributed by atoms with van der Waals surface area (Å²) in [4.78, 5) is 11.9. The summed E-state index contributed by atoms with van der Waals surface area (Å²) in [6, 6.07) is 0.698. The van der Waals surface area contributed by atoms with Crippen LogP contribution >= 0.6 is 0 Å². The van der Waals surface area contributed by atoms with Gasteiger partial charge in [-0.15, -0.1) is 0 Å². The van der Waals surface area contributed by atoms with E-state index in [-0.39, 0.29) is 5.91 Å². The van der Waals surface area contributed by atoms with Crippen molar-refractivity contribution in [3.05, 3.63) is 0 Å². The van der Waals surface area contributed by atoms with Gasteiger partial charge in [-0.2, -0.15) is 0 Å². The Balaban J connectivity index is 1.39. The van der Waals surface area contributed by atoms with E-state index < -0.39 is 0 Å². The lowest BCUT2D eigenvalue weighted by molar-refractivity contribution is -0.121. The van der Waals surface area contributed by atoms with Crippen LogP contribution in [-0.2, 0) is 4.79 Å². The quantitative estimate of drug-likeness (QED) is 0.161. The van der Waals surface area contributed by atoms with Gasteiger partial charge in [-0.1, -0.05) is 40.0 Å². The van der Waals surface area contributed by atoms with E-state index in [1.165, 1.54) is 77.0 Å². The number of nitrogens with one attached hydrogen (secondary N) is 4. The maximum Gasteiger partial charge on any atom is 0.219 e. The molecular formula is C34H67N5O. The van der Waals surface area contributed by atoms with E-state index in [1.807, 2.05) is 0 Å². The molecule has 0 saturated heterocycles. The van der Waals surface area contributed by atoms with Crippen molar-refractivity contribution in [2.24, 2.45) is 46.7 Å². The van der Waals surface area contributed by atoms with E-state index in [2.05, 4.69) is 42.0 Å². The Hall–Kier alpha value is -0.690. The van der Waals surface area contributed by atoms with Gasteiger partial charge >= 0.3 is 0 Å². The minimum atomic E-state index is 0.208. The second kappa shape index (κ2) is 18.1. The molecule has 40 heavy (non-hydrogen) atoms. The molecule has 234 valence electrons. The largest absolute Gasteiger partial charge is 0.359 e. The maximum atomic E-state index is 11.9. The molecule has 0 bridgehead atoms. The second-order valence-electron chi connectivity index (χ2n) is 14.3. The van der Waals surface area contributed by atoms with Gasteiger partial charge in [-0.25, -0.2) is 0 Å². The van der Waals surface area contributed by atoms with Crippen LogP contribution in [0.3, 0.4) is 0 Å². The highest BCUT2D eigenvalue weighted by Gasteiger charge is 2.54. The zero-order valence-electron chi connectivity index (χ0n) is 26.9. The number of carbonyl (C=O) groups is 1.